The highest BCUT2D eigenvalue weighted by atomic mass is 16.4. The van der Waals surface area contributed by atoms with Gasteiger partial charge in [0.05, 0.1) is 6.33 Å². The van der Waals surface area contributed by atoms with Gasteiger partial charge in [0.1, 0.15) is 0 Å². The quantitative estimate of drug-likeness (QED) is 0.725. The summed E-state index contributed by atoms with van der Waals surface area (Å²) < 4.78 is 1.82. The van der Waals surface area contributed by atoms with Gasteiger partial charge in [-0.1, -0.05) is 6.92 Å². The number of hydrogen-bond donors (Lipinski definition) is 2. The second-order valence-electron chi connectivity index (χ2n) is 4.06. The highest BCUT2D eigenvalue weighted by molar-refractivity contribution is 5.75. The Kier molecular flexibility index (Phi) is 5.19. The number of aryl methyl sites for hydroxylation is 1. The van der Waals surface area contributed by atoms with Gasteiger partial charge < -0.3 is 15.0 Å². The summed E-state index contributed by atoms with van der Waals surface area (Å²) in [7, 11) is 0. The number of aliphatic carboxylic acids is 1. The molecule has 0 radical (unpaired) electrons. The summed E-state index contributed by atoms with van der Waals surface area (Å²) in [6, 6.07) is 0. The largest absolute Gasteiger partial charge is 0.481 e. The first-order valence-corrected chi connectivity index (χ1v) is 5.52. The number of carboxylic acid groups (broad SMARTS) is 1. The monoisotopic (exact) mass is 239 g/mol. The molecule has 0 aromatic carbocycles. The van der Waals surface area contributed by atoms with Gasteiger partial charge in [0, 0.05) is 38.3 Å². The molecule has 94 valence electrons. The van der Waals surface area contributed by atoms with Crippen molar-refractivity contribution in [1.29, 1.82) is 0 Å². The number of carbonyl (C=O) groups excluding carboxylic acids is 1. The van der Waals surface area contributed by atoms with Crippen LogP contribution in [0.15, 0.2) is 18.7 Å². The van der Waals surface area contributed by atoms with Crippen molar-refractivity contribution in [3.63, 3.8) is 0 Å². The summed E-state index contributed by atoms with van der Waals surface area (Å²) in [5.74, 6) is -0.967. The number of carboxylic acids is 1. The van der Waals surface area contributed by atoms with Crippen LogP contribution in [0.4, 0.5) is 0 Å². The lowest BCUT2D eigenvalue weighted by Crippen LogP contribution is -2.29. The lowest BCUT2D eigenvalue weighted by molar-refractivity contribution is -0.138. The van der Waals surface area contributed by atoms with Gasteiger partial charge in [0.15, 0.2) is 0 Å². The van der Waals surface area contributed by atoms with E-state index >= 15 is 0 Å². The zero-order valence-electron chi connectivity index (χ0n) is 9.80. The van der Waals surface area contributed by atoms with E-state index in [2.05, 4.69) is 10.3 Å². The summed E-state index contributed by atoms with van der Waals surface area (Å²) in [6.45, 7) is 2.78. The van der Waals surface area contributed by atoms with Gasteiger partial charge in [-0.25, -0.2) is 4.98 Å². The number of aromatic nitrogens is 2. The lowest BCUT2D eigenvalue weighted by Gasteiger charge is -2.10. The predicted octanol–water partition coefficient (Wildman–Crippen LogP) is 0.500. The fraction of sp³-hybridized carbons (Fsp3) is 0.545. The van der Waals surface area contributed by atoms with Crippen LogP contribution in [0.1, 0.15) is 19.8 Å². The van der Waals surface area contributed by atoms with Crippen molar-refractivity contribution in [3.05, 3.63) is 18.7 Å². The van der Waals surface area contributed by atoms with Gasteiger partial charge >= 0.3 is 5.97 Å². The number of carbonyl (C=O) groups is 2. The van der Waals surface area contributed by atoms with E-state index in [1.54, 1.807) is 25.6 Å². The maximum atomic E-state index is 11.4. The van der Waals surface area contributed by atoms with E-state index in [0.29, 0.717) is 19.5 Å². The Bertz CT molecular complexity index is 362. The number of rotatable bonds is 7. The Morgan fingerprint density at radius 1 is 1.53 bits per heavy atom. The minimum atomic E-state index is -0.842. The topological polar surface area (TPSA) is 84.2 Å². The Morgan fingerprint density at radius 2 is 2.29 bits per heavy atom. The maximum Gasteiger partial charge on any atom is 0.303 e. The van der Waals surface area contributed by atoms with Gasteiger partial charge in [0.2, 0.25) is 5.91 Å². The molecule has 0 bridgehead atoms. The Balaban J connectivity index is 2.15. The van der Waals surface area contributed by atoms with Crippen LogP contribution in [0.3, 0.4) is 0 Å². The molecule has 0 aliphatic carbocycles. The van der Waals surface area contributed by atoms with Crippen molar-refractivity contribution in [2.45, 2.75) is 26.3 Å². The molecule has 0 spiro atoms. The smallest absolute Gasteiger partial charge is 0.303 e. The molecule has 1 amide bonds. The number of imidazole rings is 1. The van der Waals surface area contributed by atoms with Crippen LogP contribution in [-0.4, -0.2) is 33.1 Å². The minimum Gasteiger partial charge on any atom is -0.481 e. The molecular weight excluding hydrogens is 222 g/mol. The predicted molar refractivity (Wildman–Crippen MR) is 61.3 cm³/mol. The van der Waals surface area contributed by atoms with E-state index in [9.17, 15) is 9.59 Å². The second kappa shape index (κ2) is 6.67. The van der Waals surface area contributed by atoms with Gasteiger partial charge in [-0.3, -0.25) is 9.59 Å². The summed E-state index contributed by atoms with van der Waals surface area (Å²) in [6.07, 6.45) is 5.55. The fourth-order valence-corrected chi connectivity index (χ4v) is 1.40. The van der Waals surface area contributed by atoms with Crippen molar-refractivity contribution >= 4 is 11.9 Å². The van der Waals surface area contributed by atoms with Crippen LogP contribution in [0.2, 0.25) is 0 Å². The maximum absolute atomic E-state index is 11.4. The normalized spacial score (nSPS) is 12.1. The molecule has 6 nitrogen and oxygen atoms in total. The van der Waals surface area contributed by atoms with Gasteiger partial charge in [-0.05, 0) is 5.92 Å². The SMILES string of the molecule is CC(CNC(=O)CCn1ccnc1)CC(=O)O. The Hall–Kier alpha value is -1.85. The number of nitrogens with one attached hydrogen (secondary N) is 1. The molecule has 1 aromatic heterocycles. The standard InChI is InChI=1S/C11H17N3O3/c1-9(6-11(16)17)7-13-10(15)2-4-14-5-3-12-8-14/h3,5,8-9H,2,4,6-7H2,1H3,(H,13,15)(H,16,17). The summed E-state index contributed by atoms with van der Waals surface area (Å²) in [5.41, 5.74) is 0. The van der Waals surface area contributed by atoms with Crippen molar-refractivity contribution in [1.82, 2.24) is 14.9 Å². The van der Waals surface area contributed by atoms with E-state index in [4.69, 9.17) is 5.11 Å². The van der Waals surface area contributed by atoms with Crippen LogP contribution in [0, 0.1) is 5.92 Å². The van der Waals surface area contributed by atoms with Crippen molar-refractivity contribution < 1.29 is 14.7 Å². The molecule has 0 saturated heterocycles. The average Bonchev–Trinajstić information content (AvgIpc) is 2.75. The Morgan fingerprint density at radius 3 is 2.88 bits per heavy atom. The summed E-state index contributed by atoms with van der Waals surface area (Å²) >= 11 is 0. The Labute approximate surface area is 99.7 Å². The molecule has 0 fully saturated rings. The first-order valence-electron chi connectivity index (χ1n) is 5.52. The molecule has 6 heteroatoms. The number of amides is 1. The van der Waals surface area contributed by atoms with E-state index in [-0.39, 0.29) is 18.2 Å². The van der Waals surface area contributed by atoms with Crippen LogP contribution in [0.5, 0.6) is 0 Å². The van der Waals surface area contributed by atoms with E-state index in [0.717, 1.165) is 0 Å². The molecule has 17 heavy (non-hydrogen) atoms. The van der Waals surface area contributed by atoms with Crippen LogP contribution < -0.4 is 5.32 Å². The highest BCUT2D eigenvalue weighted by Gasteiger charge is 2.09. The first-order chi connectivity index (χ1) is 8.08. The molecule has 1 atom stereocenters. The van der Waals surface area contributed by atoms with Crippen molar-refractivity contribution in [3.8, 4) is 0 Å². The zero-order chi connectivity index (χ0) is 12.7. The molecule has 2 N–H and O–H groups in total. The fourth-order valence-electron chi connectivity index (χ4n) is 1.40. The molecule has 0 saturated carbocycles. The third-order valence-electron chi connectivity index (χ3n) is 2.33. The van der Waals surface area contributed by atoms with Gasteiger partial charge in [-0.2, -0.15) is 0 Å². The van der Waals surface area contributed by atoms with Crippen LogP contribution in [-0.2, 0) is 16.1 Å². The van der Waals surface area contributed by atoms with E-state index < -0.39 is 5.97 Å². The number of nitrogens with zero attached hydrogens (tertiary/aromatic N) is 2. The molecule has 0 aliphatic heterocycles. The summed E-state index contributed by atoms with van der Waals surface area (Å²) in [5, 5.41) is 11.3. The molecule has 0 aliphatic rings. The third-order valence-corrected chi connectivity index (χ3v) is 2.33. The van der Waals surface area contributed by atoms with E-state index in [1.807, 2.05) is 4.57 Å². The highest BCUT2D eigenvalue weighted by Crippen LogP contribution is 1.99. The lowest BCUT2D eigenvalue weighted by atomic mass is 10.1. The molecular formula is C11H17N3O3. The van der Waals surface area contributed by atoms with Crippen molar-refractivity contribution in [2.75, 3.05) is 6.54 Å². The van der Waals surface area contributed by atoms with Crippen LogP contribution in [0.25, 0.3) is 0 Å². The average molecular weight is 239 g/mol. The first kappa shape index (κ1) is 13.2. The van der Waals surface area contributed by atoms with Crippen LogP contribution >= 0.6 is 0 Å². The van der Waals surface area contributed by atoms with Crippen molar-refractivity contribution in [2.24, 2.45) is 5.92 Å². The molecule has 1 aromatic rings. The van der Waals surface area contributed by atoms with E-state index in [1.165, 1.54) is 0 Å². The molecule has 1 rings (SSSR count). The summed E-state index contributed by atoms with van der Waals surface area (Å²) in [4.78, 5) is 25.7. The third kappa shape index (κ3) is 5.70. The molecule has 1 unspecified atom stereocenters. The molecule has 1 heterocycles. The minimum absolute atomic E-state index is 0.0512. The zero-order valence-corrected chi connectivity index (χ0v) is 9.80. The van der Waals surface area contributed by atoms with Gasteiger partial charge in [0.25, 0.3) is 0 Å². The van der Waals surface area contributed by atoms with Gasteiger partial charge in [-0.15, -0.1) is 0 Å². The second-order valence-corrected chi connectivity index (χ2v) is 4.06. The number of hydrogen-bond acceptors (Lipinski definition) is 3.